The van der Waals surface area contributed by atoms with Gasteiger partial charge in [0.15, 0.2) is 6.29 Å². The molecule has 4 nitrogen and oxygen atoms in total. The normalized spacial score (nSPS) is 22.9. The van der Waals surface area contributed by atoms with Crippen LogP contribution in [-0.4, -0.2) is 34.2 Å². The lowest BCUT2D eigenvalue weighted by Crippen LogP contribution is -2.67. The molecular weight excluding hydrogens is 488 g/mol. The molecule has 0 aromatic heterocycles. The van der Waals surface area contributed by atoms with Crippen LogP contribution >= 0.6 is 0 Å². The molecule has 3 aromatic rings. The van der Waals surface area contributed by atoms with E-state index in [-0.39, 0.29) is 29.1 Å². The second-order valence-electron chi connectivity index (χ2n) is 11.2. The summed E-state index contributed by atoms with van der Waals surface area (Å²) in [5.41, 5.74) is 0.919. The fourth-order valence-electron chi connectivity index (χ4n) is 5.60. The standard InChI is InChI=1S/C33H40O4Si/c1-8-30-25(3)31(37-32(36-30)26-19-21-27(34-7)22-20-26)24(2)23-35-38(33(4,5)6,28-15-11-9-12-16-28)29-17-13-10-14-18-29/h1,9-22,24-25,30-32H,23H2,2-7H3/t24-,25-,30+,31-,32+/m0/s1. The molecule has 0 radical (unpaired) electrons. The van der Waals surface area contributed by atoms with Crippen LogP contribution in [0.2, 0.25) is 5.04 Å². The van der Waals surface area contributed by atoms with Crippen molar-refractivity contribution in [2.75, 3.05) is 13.7 Å². The molecule has 0 N–H and O–H groups in total. The Labute approximate surface area is 229 Å². The number of terminal acetylenes is 1. The van der Waals surface area contributed by atoms with Crippen LogP contribution in [0.3, 0.4) is 0 Å². The Morgan fingerprint density at radius 1 is 0.895 bits per heavy atom. The number of hydrogen-bond donors (Lipinski definition) is 0. The van der Waals surface area contributed by atoms with Crippen LogP contribution < -0.4 is 15.1 Å². The first kappa shape index (κ1) is 28.1. The van der Waals surface area contributed by atoms with Crippen molar-refractivity contribution in [2.45, 2.75) is 58.2 Å². The molecule has 1 fully saturated rings. The van der Waals surface area contributed by atoms with Gasteiger partial charge < -0.3 is 18.6 Å². The SMILES string of the molecule is C#C[C@H]1O[C@@H](c2ccc(OC)cc2)O[C@@H]([C@@H](C)CO[Si](c2ccccc2)(c2ccccc2)C(C)(C)C)[C@H]1C. The third-order valence-electron chi connectivity index (χ3n) is 7.64. The molecule has 0 amide bonds. The van der Waals surface area contributed by atoms with Gasteiger partial charge >= 0.3 is 0 Å². The minimum absolute atomic E-state index is 0.0206. The van der Waals surface area contributed by atoms with Crippen molar-refractivity contribution in [1.29, 1.82) is 0 Å². The fraction of sp³-hybridized carbons (Fsp3) is 0.394. The van der Waals surface area contributed by atoms with Crippen LogP contribution in [0.1, 0.15) is 46.5 Å². The van der Waals surface area contributed by atoms with E-state index in [0.717, 1.165) is 11.3 Å². The van der Waals surface area contributed by atoms with E-state index in [2.05, 4.69) is 101 Å². The van der Waals surface area contributed by atoms with Crippen LogP contribution in [0.25, 0.3) is 0 Å². The zero-order chi connectivity index (χ0) is 27.3. The molecule has 1 saturated heterocycles. The molecule has 1 aliphatic rings. The largest absolute Gasteiger partial charge is 0.497 e. The average Bonchev–Trinajstić information content (AvgIpc) is 2.94. The molecule has 1 heterocycles. The Bertz CT molecular complexity index is 1160. The van der Waals surface area contributed by atoms with E-state index in [9.17, 15) is 0 Å². The number of benzene rings is 3. The first-order valence-corrected chi connectivity index (χ1v) is 15.3. The molecule has 0 unspecified atom stereocenters. The van der Waals surface area contributed by atoms with Crippen molar-refractivity contribution in [3.8, 4) is 18.1 Å². The topological polar surface area (TPSA) is 36.9 Å². The number of methoxy groups -OCH3 is 1. The predicted molar refractivity (Wildman–Crippen MR) is 156 cm³/mol. The fourth-order valence-corrected chi connectivity index (χ4v) is 10.3. The van der Waals surface area contributed by atoms with Gasteiger partial charge in [0, 0.05) is 24.0 Å². The lowest BCUT2D eigenvalue weighted by molar-refractivity contribution is -0.268. The van der Waals surface area contributed by atoms with Gasteiger partial charge in [-0.15, -0.1) is 6.42 Å². The lowest BCUT2D eigenvalue weighted by atomic mass is 9.88. The molecule has 1 aliphatic heterocycles. The van der Waals surface area contributed by atoms with Crippen molar-refractivity contribution in [1.82, 2.24) is 0 Å². The first-order chi connectivity index (χ1) is 18.2. The maximum atomic E-state index is 7.22. The van der Waals surface area contributed by atoms with Crippen molar-refractivity contribution < 1.29 is 18.6 Å². The minimum Gasteiger partial charge on any atom is -0.497 e. The average molecular weight is 529 g/mol. The predicted octanol–water partition coefficient (Wildman–Crippen LogP) is 5.96. The van der Waals surface area contributed by atoms with E-state index in [4.69, 9.17) is 25.1 Å². The molecule has 0 aliphatic carbocycles. The molecule has 4 rings (SSSR count). The van der Waals surface area contributed by atoms with Crippen molar-refractivity contribution in [3.63, 3.8) is 0 Å². The highest BCUT2D eigenvalue weighted by molar-refractivity contribution is 6.99. The van der Waals surface area contributed by atoms with E-state index < -0.39 is 14.6 Å². The van der Waals surface area contributed by atoms with E-state index in [1.807, 2.05) is 24.3 Å². The summed E-state index contributed by atoms with van der Waals surface area (Å²) in [6.45, 7) is 11.7. The first-order valence-electron chi connectivity index (χ1n) is 13.4. The highest BCUT2D eigenvalue weighted by atomic mass is 28.4. The summed E-state index contributed by atoms with van der Waals surface area (Å²) >= 11 is 0. The van der Waals surface area contributed by atoms with E-state index in [0.29, 0.717) is 6.61 Å². The lowest BCUT2D eigenvalue weighted by Gasteiger charge is -2.45. The van der Waals surface area contributed by atoms with Gasteiger partial charge in [0.2, 0.25) is 0 Å². The Morgan fingerprint density at radius 2 is 1.45 bits per heavy atom. The number of ether oxygens (including phenoxy) is 3. The van der Waals surface area contributed by atoms with Gasteiger partial charge in [-0.1, -0.05) is 113 Å². The Kier molecular flexibility index (Phi) is 8.80. The third kappa shape index (κ3) is 5.60. The van der Waals surface area contributed by atoms with Gasteiger partial charge in [-0.05, 0) is 27.5 Å². The Hall–Kier alpha value is -2.88. The smallest absolute Gasteiger partial charge is 0.261 e. The van der Waals surface area contributed by atoms with E-state index in [1.165, 1.54) is 10.4 Å². The maximum Gasteiger partial charge on any atom is 0.261 e. The van der Waals surface area contributed by atoms with Crippen LogP contribution in [0, 0.1) is 24.2 Å². The third-order valence-corrected chi connectivity index (χ3v) is 12.6. The van der Waals surface area contributed by atoms with Gasteiger partial charge in [0.25, 0.3) is 8.32 Å². The molecule has 0 bridgehead atoms. The van der Waals surface area contributed by atoms with E-state index >= 15 is 0 Å². The molecule has 200 valence electrons. The molecule has 5 atom stereocenters. The van der Waals surface area contributed by atoms with Crippen LogP contribution in [-0.2, 0) is 13.9 Å². The quantitative estimate of drug-likeness (QED) is 0.267. The molecule has 0 spiro atoms. The second-order valence-corrected chi connectivity index (χ2v) is 15.5. The van der Waals surface area contributed by atoms with Crippen molar-refractivity contribution in [3.05, 3.63) is 90.5 Å². The van der Waals surface area contributed by atoms with Crippen LogP contribution in [0.4, 0.5) is 0 Å². The number of hydrogen-bond acceptors (Lipinski definition) is 4. The van der Waals surface area contributed by atoms with Gasteiger partial charge in [0.1, 0.15) is 11.9 Å². The molecule has 3 aromatic carbocycles. The molecule has 38 heavy (non-hydrogen) atoms. The van der Waals surface area contributed by atoms with Gasteiger partial charge in [0.05, 0.1) is 13.2 Å². The van der Waals surface area contributed by atoms with Gasteiger partial charge in [-0.3, -0.25) is 0 Å². The van der Waals surface area contributed by atoms with Gasteiger partial charge in [-0.25, -0.2) is 0 Å². The summed E-state index contributed by atoms with van der Waals surface area (Å²) in [7, 11) is -1.00. The minimum atomic E-state index is -2.66. The molecule has 5 heteroatoms. The summed E-state index contributed by atoms with van der Waals surface area (Å²) in [4.78, 5) is 0. The van der Waals surface area contributed by atoms with Gasteiger partial charge in [-0.2, -0.15) is 0 Å². The van der Waals surface area contributed by atoms with Crippen molar-refractivity contribution in [2.24, 2.45) is 11.8 Å². The van der Waals surface area contributed by atoms with Crippen molar-refractivity contribution >= 4 is 18.7 Å². The zero-order valence-electron chi connectivity index (χ0n) is 23.4. The van der Waals surface area contributed by atoms with Crippen LogP contribution in [0.15, 0.2) is 84.9 Å². The summed E-state index contributed by atoms with van der Waals surface area (Å²) in [6, 6.07) is 29.2. The summed E-state index contributed by atoms with van der Waals surface area (Å²) in [6.07, 6.45) is 4.90. The summed E-state index contributed by atoms with van der Waals surface area (Å²) < 4.78 is 25.3. The summed E-state index contributed by atoms with van der Waals surface area (Å²) in [5, 5.41) is 2.44. The highest BCUT2D eigenvalue weighted by Crippen LogP contribution is 2.40. The Balaban J connectivity index is 1.63. The monoisotopic (exact) mass is 528 g/mol. The zero-order valence-corrected chi connectivity index (χ0v) is 24.4. The second kappa shape index (κ2) is 11.9. The maximum absolute atomic E-state index is 7.22. The molecule has 0 saturated carbocycles. The summed E-state index contributed by atoms with van der Waals surface area (Å²) in [5.74, 6) is 3.75. The highest BCUT2D eigenvalue weighted by Gasteiger charge is 2.51. The number of rotatable bonds is 8. The molecular formula is C33H40O4Si. The Morgan fingerprint density at radius 3 is 1.92 bits per heavy atom. The van der Waals surface area contributed by atoms with Crippen LogP contribution in [0.5, 0.6) is 5.75 Å². The van der Waals surface area contributed by atoms with E-state index in [1.54, 1.807) is 7.11 Å².